The Labute approximate surface area is 175 Å². The summed E-state index contributed by atoms with van der Waals surface area (Å²) < 4.78 is 17.6. The lowest BCUT2D eigenvalue weighted by Gasteiger charge is -2.30. The van der Waals surface area contributed by atoms with Gasteiger partial charge in [0.1, 0.15) is 11.9 Å². The number of halogens is 1. The van der Waals surface area contributed by atoms with Crippen LogP contribution in [0, 0.1) is 0 Å². The fraction of sp³-hybridized carbons (Fsp3) is 0.571. The summed E-state index contributed by atoms with van der Waals surface area (Å²) in [4.78, 5) is 15.0. The molecule has 0 unspecified atom stereocenters. The Morgan fingerprint density at radius 3 is 2.89 bits per heavy atom. The van der Waals surface area contributed by atoms with E-state index in [-0.39, 0.29) is 5.91 Å². The Balaban J connectivity index is 1.75. The van der Waals surface area contributed by atoms with E-state index in [2.05, 4.69) is 27.8 Å². The summed E-state index contributed by atoms with van der Waals surface area (Å²) in [5.41, 5.74) is 2.03. The molecule has 1 saturated heterocycles. The third kappa shape index (κ3) is 5.56. The van der Waals surface area contributed by atoms with Gasteiger partial charge in [-0.1, -0.05) is 12.7 Å². The Morgan fingerprint density at radius 1 is 1.43 bits per heavy atom. The highest BCUT2D eigenvalue weighted by Gasteiger charge is 2.37. The van der Waals surface area contributed by atoms with Crippen molar-refractivity contribution in [2.45, 2.75) is 38.0 Å². The fourth-order valence-electron chi connectivity index (χ4n) is 3.30. The minimum absolute atomic E-state index is 0.0650. The first kappa shape index (κ1) is 21.3. The third-order valence-corrected chi connectivity index (χ3v) is 5.60. The first-order chi connectivity index (χ1) is 13.6. The number of hydrogen-bond donors (Lipinski definition) is 1. The van der Waals surface area contributed by atoms with Crippen LogP contribution < -0.4 is 10.1 Å². The monoisotopic (exact) mass is 452 g/mol. The summed E-state index contributed by atoms with van der Waals surface area (Å²) in [6.45, 7) is 7.65. The number of ether oxygens (including phenoxy) is 3. The van der Waals surface area contributed by atoms with Crippen LogP contribution in [0.25, 0.3) is 6.08 Å². The molecule has 0 aromatic heterocycles. The topological polar surface area (TPSA) is 60.0 Å². The zero-order valence-electron chi connectivity index (χ0n) is 16.4. The van der Waals surface area contributed by atoms with Crippen molar-refractivity contribution in [3.05, 3.63) is 34.3 Å². The predicted octanol–water partition coefficient (Wildman–Crippen LogP) is 2.99. The van der Waals surface area contributed by atoms with Gasteiger partial charge in [-0.05, 0) is 52.0 Å². The molecule has 1 amide bonds. The van der Waals surface area contributed by atoms with Gasteiger partial charge in [-0.3, -0.25) is 4.79 Å². The van der Waals surface area contributed by atoms with Gasteiger partial charge in [0.25, 0.3) is 5.91 Å². The molecule has 2 fully saturated rings. The molecule has 28 heavy (non-hydrogen) atoms. The third-order valence-electron chi connectivity index (χ3n) is 4.98. The van der Waals surface area contributed by atoms with Crippen LogP contribution >= 0.6 is 15.9 Å². The molecule has 0 bridgehead atoms. The van der Waals surface area contributed by atoms with Crippen LogP contribution in [0.2, 0.25) is 0 Å². The summed E-state index contributed by atoms with van der Waals surface area (Å²) in [7, 11) is 1.68. The van der Waals surface area contributed by atoms with E-state index < -0.39 is 6.10 Å². The van der Waals surface area contributed by atoms with E-state index in [1.165, 1.54) is 0 Å². The van der Waals surface area contributed by atoms with Crippen molar-refractivity contribution < 1.29 is 19.0 Å². The number of carbonyl (C=O) groups is 1. The predicted molar refractivity (Wildman–Crippen MR) is 112 cm³/mol. The van der Waals surface area contributed by atoms with E-state index in [9.17, 15) is 4.79 Å². The Kier molecular flexibility index (Phi) is 7.91. The van der Waals surface area contributed by atoms with Gasteiger partial charge in [0.15, 0.2) is 0 Å². The highest BCUT2D eigenvalue weighted by molar-refractivity contribution is 9.10. The molecule has 6 nitrogen and oxygen atoms in total. The first-order valence-corrected chi connectivity index (χ1v) is 10.6. The van der Waals surface area contributed by atoms with E-state index >= 15 is 0 Å². The minimum Gasteiger partial charge on any atom is -0.492 e. The molecular formula is C21H29BrN2O4. The van der Waals surface area contributed by atoms with Gasteiger partial charge < -0.3 is 24.4 Å². The lowest BCUT2D eigenvalue weighted by molar-refractivity contribution is -0.146. The van der Waals surface area contributed by atoms with Crippen molar-refractivity contribution in [2.24, 2.45) is 0 Å². The number of nitrogens with zero attached hydrogens (tertiary/aromatic N) is 1. The molecule has 7 heteroatoms. The highest BCUT2D eigenvalue weighted by atomic mass is 79.9. The molecule has 0 radical (unpaired) electrons. The molecule has 0 spiro atoms. The SMILES string of the molecule is C=Cc1cc(Br)c(OCCCOC)cc1CN(C(=O)[C@H]1CNCCO1)C1CC1. The highest BCUT2D eigenvalue weighted by Crippen LogP contribution is 2.34. The Hall–Kier alpha value is -1.41. The summed E-state index contributed by atoms with van der Waals surface area (Å²) in [6, 6.07) is 4.31. The largest absolute Gasteiger partial charge is 0.492 e. The molecule has 1 aliphatic heterocycles. The minimum atomic E-state index is -0.401. The second kappa shape index (κ2) is 10.4. The average molecular weight is 453 g/mol. The van der Waals surface area contributed by atoms with Gasteiger partial charge in [0, 0.05) is 45.8 Å². The number of methoxy groups -OCH3 is 1. The molecule has 1 saturated carbocycles. The van der Waals surface area contributed by atoms with E-state index in [4.69, 9.17) is 14.2 Å². The molecule has 2 aliphatic rings. The van der Waals surface area contributed by atoms with Gasteiger partial charge in [0.2, 0.25) is 0 Å². The summed E-state index contributed by atoms with van der Waals surface area (Å²) in [6.07, 6.45) is 4.34. The number of amides is 1. The molecule has 1 aromatic rings. The van der Waals surface area contributed by atoms with E-state index in [1.54, 1.807) is 7.11 Å². The van der Waals surface area contributed by atoms with Gasteiger partial charge >= 0.3 is 0 Å². The maximum Gasteiger partial charge on any atom is 0.253 e. The summed E-state index contributed by atoms with van der Waals surface area (Å²) in [5.74, 6) is 0.839. The number of rotatable bonds is 10. The number of nitrogens with one attached hydrogen (secondary N) is 1. The quantitative estimate of drug-likeness (QED) is 0.552. The van der Waals surface area contributed by atoms with E-state index in [0.29, 0.717) is 39.0 Å². The number of carbonyl (C=O) groups excluding carboxylic acids is 1. The zero-order valence-corrected chi connectivity index (χ0v) is 18.0. The first-order valence-electron chi connectivity index (χ1n) is 9.83. The average Bonchev–Trinajstić information content (AvgIpc) is 3.56. The molecule has 154 valence electrons. The van der Waals surface area contributed by atoms with Crippen molar-refractivity contribution in [1.82, 2.24) is 10.2 Å². The van der Waals surface area contributed by atoms with E-state index in [0.717, 1.165) is 47.2 Å². The van der Waals surface area contributed by atoms with Crippen molar-refractivity contribution in [3.63, 3.8) is 0 Å². The van der Waals surface area contributed by atoms with Crippen molar-refractivity contribution in [1.29, 1.82) is 0 Å². The zero-order chi connectivity index (χ0) is 19.9. The van der Waals surface area contributed by atoms with Crippen LogP contribution in [0.15, 0.2) is 23.2 Å². The van der Waals surface area contributed by atoms with Gasteiger partial charge in [0.05, 0.1) is 17.7 Å². The van der Waals surface area contributed by atoms with Crippen molar-refractivity contribution >= 4 is 27.9 Å². The van der Waals surface area contributed by atoms with Crippen molar-refractivity contribution in [3.8, 4) is 5.75 Å². The standard InChI is InChI=1S/C21H29BrN2O4/c1-3-15-11-18(22)19(27-9-4-8-26-2)12-16(15)14-24(17-5-6-17)21(25)20-13-23-7-10-28-20/h3,11-12,17,20,23H,1,4-10,13-14H2,2H3/t20-/m1/s1. The summed E-state index contributed by atoms with van der Waals surface area (Å²) in [5, 5.41) is 3.24. The van der Waals surface area contributed by atoms with Gasteiger partial charge in [-0.2, -0.15) is 0 Å². The molecular weight excluding hydrogens is 424 g/mol. The van der Waals surface area contributed by atoms with Crippen LogP contribution in [0.4, 0.5) is 0 Å². The summed E-state index contributed by atoms with van der Waals surface area (Å²) >= 11 is 3.58. The number of benzene rings is 1. The van der Waals surface area contributed by atoms with Crippen LogP contribution in [0.3, 0.4) is 0 Å². The van der Waals surface area contributed by atoms with Gasteiger partial charge in [-0.15, -0.1) is 0 Å². The van der Waals surface area contributed by atoms with Crippen molar-refractivity contribution in [2.75, 3.05) is 40.0 Å². The number of hydrogen-bond acceptors (Lipinski definition) is 5. The smallest absolute Gasteiger partial charge is 0.253 e. The number of morpholine rings is 1. The fourth-order valence-corrected chi connectivity index (χ4v) is 3.78. The van der Waals surface area contributed by atoms with Gasteiger partial charge in [-0.25, -0.2) is 0 Å². The molecule has 1 N–H and O–H groups in total. The molecule has 3 rings (SSSR count). The second-order valence-electron chi connectivity index (χ2n) is 7.14. The van der Waals surface area contributed by atoms with E-state index in [1.807, 2.05) is 23.1 Å². The van der Waals surface area contributed by atoms with Crippen LogP contribution in [0.1, 0.15) is 30.4 Å². The lowest BCUT2D eigenvalue weighted by atomic mass is 10.1. The maximum absolute atomic E-state index is 13.1. The molecule has 1 atom stereocenters. The van der Waals surface area contributed by atoms with Crippen LogP contribution in [-0.4, -0.2) is 63.0 Å². The van der Waals surface area contributed by atoms with Crippen LogP contribution in [0.5, 0.6) is 5.75 Å². The Bertz CT molecular complexity index is 687. The molecule has 1 heterocycles. The lowest BCUT2D eigenvalue weighted by Crippen LogP contribution is -2.49. The maximum atomic E-state index is 13.1. The normalized spacial score (nSPS) is 19.3. The Morgan fingerprint density at radius 2 is 2.25 bits per heavy atom. The van der Waals surface area contributed by atoms with Crippen LogP contribution in [-0.2, 0) is 20.8 Å². The molecule has 1 aliphatic carbocycles. The second-order valence-corrected chi connectivity index (χ2v) is 8.00. The molecule has 1 aromatic carbocycles.